The lowest BCUT2D eigenvalue weighted by Gasteiger charge is -2.29. The van der Waals surface area contributed by atoms with Gasteiger partial charge in [-0.25, -0.2) is 0 Å². The van der Waals surface area contributed by atoms with Gasteiger partial charge in [0.2, 0.25) is 12.1 Å². The number of carbonyl (C=O) groups is 2. The standard InChI is InChI=1S/C13H24O4/c1-6-8-9-13(3,10(14)7-2)11(15)12(16-4)17-5/h12H,6-9H2,1-5H3. The van der Waals surface area contributed by atoms with Crippen LogP contribution in [0.5, 0.6) is 0 Å². The van der Waals surface area contributed by atoms with E-state index in [1.54, 1.807) is 13.8 Å². The van der Waals surface area contributed by atoms with Crippen molar-refractivity contribution in [1.82, 2.24) is 0 Å². The first-order valence-corrected chi connectivity index (χ1v) is 6.11. The first-order chi connectivity index (χ1) is 7.97. The Kier molecular flexibility index (Phi) is 7.23. The van der Waals surface area contributed by atoms with E-state index in [9.17, 15) is 9.59 Å². The molecule has 4 heteroatoms. The van der Waals surface area contributed by atoms with Gasteiger partial charge >= 0.3 is 0 Å². The van der Waals surface area contributed by atoms with Gasteiger partial charge in [-0.2, -0.15) is 0 Å². The van der Waals surface area contributed by atoms with Gasteiger partial charge in [-0.3, -0.25) is 9.59 Å². The molecule has 4 nitrogen and oxygen atoms in total. The number of hydrogen-bond donors (Lipinski definition) is 0. The number of rotatable bonds is 9. The molecular weight excluding hydrogens is 220 g/mol. The molecule has 0 aliphatic carbocycles. The number of Topliss-reactive ketones (excluding diaryl/α,β-unsaturated/α-hetero) is 2. The van der Waals surface area contributed by atoms with Crippen LogP contribution in [-0.2, 0) is 19.1 Å². The van der Waals surface area contributed by atoms with Gasteiger partial charge in [0.1, 0.15) is 5.78 Å². The first-order valence-electron chi connectivity index (χ1n) is 6.11. The van der Waals surface area contributed by atoms with Crippen LogP contribution in [0, 0.1) is 5.41 Å². The minimum atomic E-state index is -0.985. The third-order valence-electron chi connectivity index (χ3n) is 3.15. The Balaban J connectivity index is 5.02. The van der Waals surface area contributed by atoms with E-state index in [1.165, 1.54) is 14.2 Å². The summed E-state index contributed by atoms with van der Waals surface area (Å²) in [5.41, 5.74) is -0.985. The highest BCUT2D eigenvalue weighted by Crippen LogP contribution is 2.30. The summed E-state index contributed by atoms with van der Waals surface area (Å²) in [6.07, 6.45) is 1.75. The highest BCUT2D eigenvalue weighted by molar-refractivity contribution is 6.07. The molecule has 17 heavy (non-hydrogen) atoms. The first kappa shape index (κ1) is 16.3. The molecule has 0 aliphatic rings. The number of ketones is 2. The van der Waals surface area contributed by atoms with Crippen molar-refractivity contribution in [1.29, 1.82) is 0 Å². The molecule has 1 unspecified atom stereocenters. The number of unbranched alkanes of at least 4 members (excludes halogenated alkanes) is 1. The van der Waals surface area contributed by atoms with Crippen LogP contribution in [0.15, 0.2) is 0 Å². The van der Waals surface area contributed by atoms with Crippen molar-refractivity contribution in [2.45, 2.75) is 52.7 Å². The second-order valence-electron chi connectivity index (χ2n) is 4.38. The number of hydrogen-bond acceptors (Lipinski definition) is 4. The van der Waals surface area contributed by atoms with Crippen molar-refractivity contribution in [2.24, 2.45) is 5.41 Å². The third kappa shape index (κ3) is 3.89. The Bertz CT molecular complexity index is 258. The second-order valence-corrected chi connectivity index (χ2v) is 4.38. The summed E-state index contributed by atoms with van der Waals surface area (Å²) in [6, 6.07) is 0. The number of carbonyl (C=O) groups excluding carboxylic acids is 2. The minimum absolute atomic E-state index is 0.0462. The van der Waals surface area contributed by atoms with Gasteiger partial charge < -0.3 is 9.47 Å². The lowest BCUT2D eigenvalue weighted by Crippen LogP contribution is -2.44. The van der Waals surface area contributed by atoms with Crippen LogP contribution in [0.3, 0.4) is 0 Å². The van der Waals surface area contributed by atoms with Gasteiger partial charge in [0.05, 0.1) is 5.41 Å². The molecule has 0 rings (SSSR count). The van der Waals surface area contributed by atoms with E-state index in [2.05, 4.69) is 0 Å². The quantitative estimate of drug-likeness (QED) is 0.461. The normalized spacial score (nSPS) is 14.7. The lowest BCUT2D eigenvalue weighted by molar-refractivity contribution is -0.169. The summed E-state index contributed by atoms with van der Waals surface area (Å²) in [4.78, 5) is 24.2. The van der Waals surface area contributed by atoms with Crippen molar-refractivity contribution >= 4 is 11.6 Å². The maximum atomic E-state index is 12.3. The fourth-order valence-corrected chi connectivity index (χ4v) is 1.89. The molecule has 1 atom stereocenters. The van der Waals surface area contributed by atoms with Crippen LogP contribution in [-0.4, -0.2) is 32.1 Å². The molecule has 0 amide bonds. The predicted molar refractivity (Wildman–Crippen MR) is 65.7 cm³/mol. The second kappa shape index (κ2) is 7.56. The summed E-state index contributed by atoms with van der Waals surface area (Å²) in [5, 5.41) is 0. The van der Waals surface area contributed by atoms with E-state index >= 15 is 0 Å². The summed E-state index contributed by atoms with van der Waals surface area (Å²) < 4.78 is 9.92. The monoisotopic (exact) mass is 244 g/mol. The zero-order chi connectivity index (χ0) is 13.5. The molecule has 0 saturated carbocycles. The third-order valence-corrected chi connectivity index (χ3v) is 3.15. The predicted octanol–water partition coefficient (Wildman–Crippen LogP) is 2.35. The van der Waals surface area contributed by atoms with Gasteiger partial charge in [-0.05, 0) is 13.3 Å². The molecule has 0 aromatic rings. The summed E-state index contributed by atoms with van der Waals surface area (Å²) >= 11 is 0. The maximum absolute atomic E-state index is 12.3. The Morgan fingerprint density at radius 3 is 2.06 bits per heavy atom. The van der Waals surface area contributed by atoms with Gasteiger partial charge in [0.15, 0.2) is 0 Å². The fraction of sp³-hybridized carbons (Fsp3) is 0.846. The van der Waals surface area contributed by atoms with Crippen LogP contribution >= 0.6 is 0 Å². The van der Waals surface area contributed by atoms with Crippen molar-refractivity contribution < 1.29 is 19.1 Å². The van der Waals surface area contributed by atoms with Gasteiger partial charge in [-0.1, -0.05) is 26.7 Å². The molecule has 0 radical (unpaired) electrons. The molecule has 0 aromatic carbocycles. The molecular formula is C13H24O4. The molecule has 0 aliphatic heterocycles. The van der Waals surface area contributed by atoms with E-state index in [1.807, 2.05) is 6.92 Å². The van der Waals surface area contributed by atoms with Gasteiger partial charge in [0, 0.05) is 20.6 Å². The molecule has 0 aromatic heterocycles. The SMILES string of the molecule is CCCCC(C)(C(=O)CC)C(=O)C(OC)OC. The minimum Gasteiger partial charge on any atom is -0.349 e. The van der Waals surface area contributed by atoms with Crippen molar-refractivity contribution in [3.8, 4) is 0 Å². The lowest BCUT2D eigenvalue weighted by atomic mass is 9.75. The van der Waals surface area contributed by atoms with Crippen LogP contribution in [0.25, 0.3) is 0 Å². The molecule has 0 bridgehead atoms. The van der Waals surface area contributed by atoms with Gasteiger partial charge in [0.25, 0.3) is 0 Å². The zero-order valence-electron chi connectivity index (χ0n) is 11.5. The van der Waals surface area contributed by atoms with Gasteiger partial charge in [-0.15, -0.1) is 0 Å². The van der Waals surface area contributed by atoms with Crippen LogP contribution in [0.1, 0.15) is 46.5 Å². The average molecular weight is 244 g/mol. The number of methoxy groups -OCH3 is 2. The fourth-order valence-electron chi connectivity index (χ4n) is 1.89. The molecule has 100 valence electrons. The highest BCUT2D eigenvalue weighted by Gasteiger charge is 2.42. The topological polar surface area (TPSA) is 52.6 Å². The van der Waals surface area contributed by atoms with E-state index in [4.69, 9.17) is 9.47 Å². The maximum Gasteiger partial charge on any atom is 0.218 e. The van der Waals surface area contributed by atoms with Crippen LogP contribution < -0.4 is 0 Å². The van der Waals surface area contributed by atoms with E-state index in [0.29, 0.717) is 12.8 Å². The van der Waals surface area contributed by atoms with Crippen molar-refractivity contribution in [3.63, 3.8) is 0 Å². The smallest absolute Gasteiger partial charge is 0.218 e. The Labute approximate surface area is 104 Å². The molecule has 0 saturated heterocycles. The van der Waals surface area contributed by atoms with E-state index < -0.39 is 11.7 Å². The molecule has 0 heterocycles. The summed E-state index contributed by atoms with van der Waals surface area (Å²) in [7, 11) is 2.81. The average Bonchev–Trinajstić information content (AvgIpc) is 2.36. The molecule has 0 fully saturated rings. The van der Waals surface area contributed by atoms with Crippen LogP contribution in [0.4, 0.5) is 0 Å². The van der Waals surface area contributed by atoms with E-state index in [-0.39, 0.29) is 11.6 Å². The van der Waals surface area contributed by atoms with Crippen molar-refractivity contribution in [2.75, 3.05) is 14.2 Å². The summed E-state index contributed by atoms with van der Waals surface area (Å²) in [5.74, 6) is -0.321. The van der Waals surface area contributed by atoms with Crippen LogP contribution in [0.2, 0.25) is 0 Å². The number of ether oxygens (including phenoxy) is 2. The van der Waals surface area contributed by atoms with E-state index in [0.717, 1.165) is 12.8 Å². The summed E-state index contributed by atoms with van der Waals surface area (Å²) in [6.45, 7) is 5.50. The molecule has 0 spiro atoms. The zero-order valence-corrected chi connectivity index (χ0v) is 11.5. The Hall–Kier alpha value is -0.740. The molecule has 0 N–H and O–H groups in total. The van der Waals surface area contributed by atoms with Crippen molar-refractivity contribution in [3.05, 3.63) is 0 Å². The Morgan fingerprint density at radius 2 is 1.71 bits per heavy atom. The Morgan fingerprint density at radius 1 is 1.18 bits per heavy atom. The largest absolute Gasteiger partial charge is 0.349 e. The highest BCUT2D eigenvalue weighted by atomic mass is 16.7.